The van der Waals surface area contributed by atoms with Gasteiger partial charge in [-0.05, 0) is 49.9 Å². The maximum atomic E-state index is 13.1. The molecule has 0 saturated heterocycles. The Morgan fingerprint density at radius 1 is 1.22 bits per heavy atom. The zero-order chi connectivity index (χ0) is 17.5. The van der Waals surface area contributed by atoms with Crippen molar-refractivity contribution < 1.29 is 19.2 Å². The molecule has 1 fully saturated rings. The Hall–Kier alpha value is -1.17. The molecule has 1 aliphatic rings. The average molecular weight is 330 g/mol. The fourth-order valence-electron chi connectivity index (χ4n) is 3.05. The SMILES string of the molecule is CC(C)(C)CC(=O)N(CCCC1CCC(F)CC1)CC(=O)NO. The highest BCUT2D eigenvalue weighted by Gasteiger charge is 2.24. The van der Waals surface area contributed by atoms with Crippen molar-refractivity contribution in [2.24, 2.45) is 11.3 Å². The third kappa shape index (κ3) is 8.30. The summed E-state index contributed by atoms with van der Waals surface area (Å²) >= 11 is 0. The van der Waals surface area contributed by atoms with E-state index in [1.807, 2.05) is 20.8 Å². The second kappa shape index (κ2) is 9.21. The second-order valence-corrected chi connectivity index (χ2v) is 7.85. The van der Waals surface area contributed by atoms with Crippen molar-refractivity contribution in [2.75, 3.05) is 13.1 Å². The lowest BCUT2D eigenvalue weighted by Crippen LogP contribution is -2.41. The molecule has 0 spiro atoms. The molecule has 0 atom stereocenters. The largest absolute Gasteiger partial charge is 0.333 e. The number of nitrogens with zero attached hydrogens (tertiary/aromatic N) is 1. The molecule has 5 nitrogen and oxygen atoms in total. The number of hydrogen-bond donors (Lipinski definition) is 2. The van der Waals surface area contributed by atoms with Crippen LogP contribution in [0.3, 0.4) is 0 Å². The van der Waals surface area contributed by atoms with Gasteiger partial charge in [0, 0.05) is 13.0 Å². The van der Waals surface area contributed by atoms with Gasteiger partial charge in [0.15, 0.2) is 0 Å². The number of amides is 2. The highest BCUT2D eigenvalue weighted by Crippen LogP contribution is 2.29. The summed E-state index contributed by atoms with van der Waals surface area (Å²) in [5, 5.41) is 8.68. The quantitative estimate of drug-likeness (QED) is 0.557. The Morgan fingerprint density at radius 2 is 1.83 bits per heavy atom. The van der Waals surface area contributed by atoms with Crippen molar-refractivity contribution in [3.63, 3.8) is 0 Å². The maximum absolute atomic E-state index is 13.1. The minimum atomic E-state index is -0.649. The van der Waals surface area contributed by atoms with E-state index in [0.29, 0.717) is 31.7 Å². The van der Waals surface area contributed by atoms with E-state index >= 15 is 0 Å². The monoisotopic (exact) mass is 330 g/mol. The highest BCUT2D eigenvalue weighted by atomic mass is 19.1. The first-order valence-electron chi connectivity index (χ1n) is 8.56. The lowest BCUT2D eigenvalue weighted by Gasteiger charge is -2.28. The Labute approximate surface area is 138 Å². The Morgan fingerprint density at radius 3 is 2.35 bits per heavy atom. The number of rotatable bonds is 7. The molecule has 0 aliphatic heterocycles. The summed E-state index contributed by atoms with van der Waals surface area (Å²) in [6.07, 6.45) is 4.57. The summed E-state index contributed by atoms with van der Waals surface area (Å²) in [6, 6.07) is 0. The minimum absolute atomic E-state index is 0.0754. The van der Waals surface area contributed by atoms with Crippen LogP contribution in [0.15, 0.2) is 0 Å². The Balaban J connectivity index is 2.45. The fraction of sp³-hybridized carbons (Fsp3) is 0.882. The van der Waals surface area contributed by atoms with Gasteiger partial charge < -0.3 is 4.90 Å². The third-order valence-corrected chi connectivity index (χ3v) is 4.31. The zero-order valence-electron chi connectivity index (χ0n) is 14.6. The van der Waals surface area contributed by atoms with E-state index in [1.165, 1.54) is 4.90 Å². The van der Waals surface area contributed by atoms with E-state index in [4.69, 9.17) is 5.21 Å². The fourth-order valence-corrected chi connectivity index (χ4v) is 3.05. The Bertz CT molecular complexity index is 388. The first-order chi connectivity index (χ1) is 10.7. The molecule has 23 heavy (non-hydrogen) atoms. The van der Waals surface area contributed by atoms with E-state index in [9.17, 15) is 14.0 Å². The van der Waals surface area contributed by atoms with Crippen LogP contribution in [-0.2, 0) is 9.59 Å². The van der Waals surface area contributed by atoms with Crippen LogP contribution in [0.4, 0.5) is 4.39 Å². The van der Waals surface area contributed by atoms with Crippen LogP contribution in [0.5, 0.6) is 0 Å². The van der Waals surface area contributed by atoms with Crippen molar-refractivity contribution in [1.82, 2.24) is 10.4 Å². The minimum Gasteiger partial charge on any atom is -0.333 e. The van der Waals surface area contributed by atoms with E-state index in [0.717, 1.165) is 25.7 Å². The van der Waals surface area contributed by atoms with Gasteiger partial charge in [-0.2, -0.15) is 0 Å². The number of alkyl halides is 1. The first kappa shape index (κ1) is 19.9. The normalized spacial score (nSPS) is 21.8. The van der Waals surface area contributed by atoms with E-state index in [-0.39, 0.29) is 17.9 Å². The number of hydrogen-bond acceptors (Lipinski definition) is 3. The molecule has 2 amide bonds. The molecular formula is C17H31FN2O3. The predicted molar refractivity (Wildman–Crippen MR) is 86.7 cm³/mol. The molecule has 0 heterocycles. The molecule has 0 aromatic rings. The average Bonchev–Trinajstić information content (AvgIpc) is 2.46. The van der Waals surface area contributed by atoms with Gasteiger partial charge in [0.2, 0.25) is 5.91 Å². The van der Waals surface area contributed by atoms with Gasteiger partial charge in [-0.1, -0.05) is 20.8 Å². The standard InChI is InChI=1S/C17H31FN2O3/c1-17(2,3)11-16(22)20(12-15(21)19-23)10-4-5-13-6-8-14(18)9-7-13/h13-14,23H,4-12H2,1-3H3,(H,19,21). The van der Waals surface area contributed by atoms with Crippen molar-refractivity contribution in [2.45, 2.75) is 71.9 Å². The van der Waals surface area contributed by atoms with Gasteiger partial charge >= 0.3 is 0 Å². The molecule has 1 rings (SSSR count). The van der Waals surface area contributed by atoms with Gasteiger partial charge in [-0.15, -0.1) is 0 Å². The molecule has 6 heteroatoms. The number of nitrogens with one attached hydrogen (secondary N) is 1. The van der Waals surface area contributed by atoms with Gasteiger partial charge in [0.05, 0.1) is 0 Å². The summed E-state index contributed by atoms with van der Waals surface area (Å²) in [5.41, 5.74) is 1.44. The van der Waals surface area contributed by atoms with Crippen LogP contribution in [-0.4, -0.2) is 41.2 Å². The molecule has 2 N–H and O–H groups in total. The molecule has 0 unspecified atom stereocenters. The van der Waals surface area contributed by atoms with Gasteiger partial charge in [-0.3, -0.25) is 14.8 Å². The van der Waals surface area contributed by atoms with Crippen LogP contribution in [0.25, 0.3) is 0 Å². The van der Waals surface area contributed by atoms with Gasteiger partial charge in [-0.25, -0.2) is 9.87 Å². The molecule has 0 bridgehead atoms. The topological polar surface area (TPSA) is 69.6 Å². The second-order valence-electron chi connectivity index (χ2n) is 7.85. The van der Waals surface area contributed by atoms with Crippen molar-refractivity contribution >= 4 is 11.8 Å². The lowest BCUT2D eigenvalue weighted by atomic mass is 9.85. The maximum Gasteiger partial charge on any atom is 0.262 e. The third-order valence-electron chi connectivity index (χ3n) is 4.31. The summed E-state index contributed by atoms with van der Waals surface area (Å²) < 4.78 is 13.1. The van der Waals surface area contributed by atoms with E-state index < -0.39 is 12.1 Å². The van der Waals surface area contributed by atoms with Crippen molar-refractivity contribution in [3.8, 4) is 0 Å². The van der Waals surface area contributed by atoms with Gasteiger partial charge in [0.25, 0.3) is 5.91 Å². The van der Waals surface area contributed by atoms with Crippen molar-refractivity contribution in [3.05, 3.63) is 0 Å². The van der Waals surface area contributed by atoms with E-state index in [2.05, 4.69) is 0 Å². The zero-order valence-corrected chi connectivity index (χ0v) is 14.6. The first-order valence-corrected chi connectivity index (χ1v) is 8.56. The highest BCUT2D eigenvalue weighted by molar-refractivity contribution is 5.84. The Kier molecular flexibility index (Phi) is 7.95. The number of halogens is 1. The summed E-state index contributed by atoms with van der Waals surface area (Å²) in [5.74, 6) is -0.132. The molecule has 0 aromatic heterocycles. The lowest BCUT2D eigenvalue weighted by molar-refractivity contribution is -0.140. The van der Waals surface area contributed by atoms with Crippen LogP contribution < -0.4 is 5.48 Å². The van der Waals surface area contributed by atoms with Crippen LogP contribution in [0, 0.1) is 11.3 Å². The molecule has 1 saturated carbocycles. The number of hydroxylamine groups is 1. The summed E-state index contributed by atoms with van der Waals surface area (Å²) in [6.45, 7) is 6.31. The molecule has 134 valence electrons. The van der Waals surface area contributed by atoms with Crippen molar-refractivity contribution in [1.29, 1.82) is 0 Å². The summed E-state index contributed by atoms with van der Waals surface area (Å²) in [4.78, 5) is 25.3. The molecular weight excluding hydrogens is 299 g/mol. The summed E-state index contributed by atoms with van der Waals surface area (Å²) in [7, 11) is 0. The number of carbonyl (C=O) groups excluding carboxylic acids is 2. The molecule has 0 aromatic carbocycles. The number of carbonyl (C=O) groups is 2. The molecule has 0 radical (unpaired) electrons. The van der Waals surface area contributed by atoms with Crippen LogP contribution >= 0.6 is 0 Å². The van der Waals surface area contributed by atoms with Crippen LogP contribution in [0.2, 0.25) is 0 Å². The predicted octanol–water partition coefficient (Wildman–Crippen LogP) is 3.07. The van der Waals surface area contributed by atoms with Crippen LogP contribution in [0.1, 0.15) is 65.7 Å². The molecule has 1 aliphatic carbocycles. The van der Waals surface area contributed by atoms with E-state index in [1.54, 1.807) is 5.48 Å². The smallest absolute Gasteiger partial charge is 0.262 e. The van der Waals surface area contributed by atoms with Gasteiger partial charge in [0.1, 0.15) is 12.7 Å².